The number of aromatic nitrogens is 1. The van der Waals surface area contributed by atoms with Gasteiger partial charge in [0.25, 0.3) is 0 Å². The number of nitriles is 1. The van der Waals surface area contributed by atoms with Crippen LogP contribution in [0.3, 0.4) is 0 Å². The summed E-state index contributed by atoms with van der Waals surface area (Å²) in [5.74, 6) is -0.734. The van der Waals surface area contributed by atoms with E-state index in [1.807, 2.05) is 6.07 Å². The van der Waals surface area contributed by atoms with Crippen LogP contribution in [0, 0.1) is 11.3 Å². The average molecular weight is 261 g/mol. The number of hydrogen-bond donors (Lipinski definition) is 1. The van der Waals surface area contributed by atoms with E-state index in [0.29, 0.717) is 0 Å². The molecule has 0 unspecified atom stereocenters. The van der Waals surface area contributed by atoms with Gasteiger partial charge in [-0.05, 0) is 0 Å². The molecule has 0 amide bonds. The fourth-order valence-electron chi connectivity index (χ4n) is 1.30. The molecule has 0 bridgehead atoms. The molecule has 0 aromatic carbocycles. The second kappa shape index (κ2) is 5.55. The summed E-state index contributed by atoms with van der Waals surface area (Å²) in [5.41, 5.74) is 5.46. The number of rotatable bonds is 4. The van der Waals surface area contributed by atoms with Gasteiger partial charge in [-0.25, -0.2) is 0 Å². The van der Waals surface area contributed by atoms with E-state index in [9.17, 15) is 13.2 Å². The first-order valence-electron chi connectivity index (χ1n) is 4.80. The minimum Gasteiger partial charge on any atom is -0.493 e. The van der Waals surface area contributed by atoms with Gasteiger partial charge in [-0.15, -0.1) is 13.2 Å². The molecule has 2 N–H and O–H groups in total. The standard InChI is InChI=1S/C10H10F3N3O2/c1-17-8-4-6(2-3-14)16-7(5-15)9(8)18-10(11,12)13/h4H,2,5,15H2,1H3. The zero-order valence-electron chi connectivity index (χ0n) is 9.41. The van der Waals surface area contributed by atoms with E-state index in [2.05, 4.69) is 9.72 Å². The molecule has 1 heterocycles. The Labute approximate surface area is 101 Å². The van der Waals surface area contributed by atoms with Crippen molar-refractivity contribution in [3.8, 4) is 17.6 Å². The van der Waals surface area contributed by atoms with Crippen LogP contribution in [0.5, 0.6) is 11.5 Å². The van der Waals surface area contributed by atoms with Crippen LogP contribution in [0.4, 0.5) is 13.2 Å². The van der Waals surface area contributed by atoms with Gasteiger partial charge in [0.2, 0.25) is 0 Å². The molecule has 98 valence electrons. The van der Waals surface area contributed by atoms with Crippen LogP contribution in [0.1, 0.15) is 11.4 Å². The molecule has 0 saturated heterocycles. The summed E-state index contributed by atoms with van der Waals surface area (Å²) in [4.78, 5) is 3.82. The van der Waals surface area contributed by atoms with Crippen LogP contribution in [0.15, 0.2) is 6.07 Å². The van der Waals surface area contributed by atoms with Crippen LogP contribution in [-0.4, -0.2) is 18.5 Å². The number of pyridine rings is 1. The van der Waals surface area contributed by atoms with E-state index in [1.165, 1.54) is 13.2 Å². The minimum atomic E-state index is -4.87. The molecule has 0 aliphatic heterocycles. The van der Waals surface area contributed by atoms with Gasteiger partial charge in [0.05, 0.1) is 25.3 Å². The van der Waals surface area contributed by atoms with E-state index in [1.54, 1.807) is 0 Å². The van der Waals surface area contributed by atoms with E-state index in [-0.39, 0.29) is 30.1 Å². The van der Waals surface area contributed by atoms with Crippen LogP contribution in [0.2, 0.25) is 0 Å². The Bertz CT molecular complexity index is 443. The summed E-state index contributed by atoms with van der Waals surface area (Å²) in [5, 5.41) is 8.53. The molecule has 1 aromatic heterocycles. The summed E-state index contributed by atoms with van der Waals surface area (Å²) in [6, 6.07) is 3.04. The normalized spacial score (nSPS) is 10.9. The Morgan fingerprint density at radius 3 is 2.61 bits per heavy atom. The van der Waals surface area contributed by atoms with Crippen molar-refractivity contribution in [2.24, 2.45) is 5.73 Å². The smallest absolute Gasteiger partial charge is 0.493 e. The zero-order valence-corrected chi connectivity index (χ0v) is 9.41. The number of alkyl halides is 3. The average Bonchev–Trinajstić information content (AvgIpc) is 2.29. The van der Waals surface area contributed by atoms with Crippen LogP contribution in [0.25, 0.3) is 0 Å². The number of nitrogens with two attached hydrogens (primary N) is 1. The van der Waals surface area contributed by atoms with Gasteiger partial charge in [0, 0.05) is 12.6 Å². The van der Waals surface area contributed by atoms with Crippen molar-refractivity contribution in [2.45, 2.75) is 19.3 Å². The Balaban J connectivity index is 3.26. The highest BCUT2D eigenvalue weighted by Gasteiger charge is 2.34. The van der Waals surface area contributed by atoms with E-state index < -0.39 is 12.1 Å². The van der Waals surface area contributed by atoms with Gasteiger partial charge >= 0.3 is 6.36 Å². The summed E-state index contributed by atoms with van der Waals surface area (Å²) in [7, 11) is 1.19. The first kappa shape index (κ1) is 14.1. The second-order valence-electron chi connectivity index (χ2n) is 3.18. The Kier molecular flexibility index (Phi) is 4.33. The third kappa shape index (κ3) is 3.49. The molecule has 0 atom stereocenters. The number of hydrogen-bond acceptors (Lipinski definition) is 5. The minimum absolute atomic E-state index is 0.0599. The summed E-state index contributed by atoms with van der Waals surface area (Å²) < 4.78 is 45.3. The van der Waals surface area contributed by atoms with Crippen molar-refractivity contribution in [1.82, 2.24) is 4.98 Å². The molecule has 0 aliphatic carbocycles. The Morgan fingerprint density at radius 2 is 2.17 bits per heavy atom. The highest BCUT2D eigenvalue weighted by molar-refractivity contribution is 5.45. The van der Waals surface area contributed by atoms with Gasteiger partial charge in [0.15, 0.2) is 11.5 Å². The van der Waals surface area contributed by atoms with Crippen molar-refractivity contribution in [3.63, 3.8) is 0 Å². The largest absolute Gasteiger partial charge is 0.573 e. The third-order valence-electron chi connectivity index (χ3n) is 1.95. The maximum absolute atomic E-state index is 12.2. The Morgan fingerprint density at radius 1 is 1.50 bits per heavy atom. The molecule has 0 aliphatic rings. The van der Waals surface area contributed by atoms with Gasteiger partial charge in [-0.3, -0.25) is 4.98 Å². The predicted octanol–water partition coefficient (Wildman–Crippen LogP) is 1.51. The summed E-state index contributed by atoms with van der Waals surface area (Å²) in [6.07, 6.45) is -4.93. The number of nitrogens with zero attached hydrogens (tertiary/aromatic N) is 2. The molecular formula is C10H10F3N3O2. The van der Waals surface area contributed by atoms with E-state index in [4.69, 9.17) is 15.7 Å². The van der Waals surface area contributed by atoms with Gasteiger partial charge in [-0.1, -0.05) is 0 Å². The number of halogens is 3. The lowest BCUT2D eigenvalue weighted by Gasteiger charge is -2.15. The number of methoxy groups -OCH3 is 1. The van der Waals surface area contributed by atoms with Crippen molar-refractivity contribution in [2.75, 3.05) is 7.11 Å². The molecule has 0 saturated carbocycles. The summed E-state index contributed by atoms with van der Waals surface area (Å²) in [6.45, 7) is -0.263. The lowest BCUT2D eigenvalue weighted by Crippen LogP contribution is -2.20. The maximum Gasteiger partial charge on any atom is 0.573 e. The van der Waals surface area contributed by atoms with E-state index in [0.717, 1.165) is 0 Å². The molecule has 0 radical (unpaired) electrons. The fourth-order valence-corrected chi connectivity index (χ4v) is 1.30. The molecule has 5 nitrogen and oxygen atoms in total. The third-order valence-corrected chi connectivity index (χ3v) is 1.95. The second-order valence-corrected chi connectivity index (χ2v) is 3.18. The molecule has 1 aromatic rings. The topological polar surface area (TPSA) is 81.2 Å². The highest BCUT2D eigenvalue weighted by Crippen LogP contribution is 2.35. The maximum atomic E-state index is 12.2. The monoisotopic (exact) mass is 261 g/mol. The lowest BCUT2D eigenvalue weighted by atomic mass is 10.2. The van der Waals surface area contributed by atoms with Crippen LogP contribution in [-0.2, 0) is 13.0 Å². The predicted molar refractivity (Wildman–Crippen MR) is 54.7 cm³/mol. The molecule has 8 heteroatoms. The SMILES string of the molecule is COc1cc(CC#N)nc(CN)c1OC(F)(F)F. The molecule has 18 heavy (non-hydrogen) atoms. The van der Waals surface area contributed by atoms with Gasteiger partial charge in [-0.2, -0.15) is 5.26 Å². The zero-order chi connectivity index (χ0) is 13.8. The summed E-state index contributed by atoms with van der Waals surface area (Å²) >= 11 is 0. The van der Waals surface area contributed by atoms with Crippen LogP contribution < -0.4 is 15.2 Å². The van der Waals surface area contributed by atoms with Crippen molar-refractivity contribution in [3.05, 3.63) is 17.5 Å². The molecule has 0 fully saturated rings. The number of ether oxygens (including phenoxy) is 2. The van der Waals surface area contributed by atoms with Crippen molar-refractivity contribution < 1.29 is 22.6 Å². The lowest BCUT2D eigenvalue weighted by molar-refractivity contribution is -0.275. The van der Waals surface area contributed by atoms with Gasteiger partial charge in [0.1, 0.15) is 5.69 Å². The first-order chi connectivity index (χ1) is 8.41. The molecule has 1 rings (SSSR count). The quantitative estimate of drug-likeness (QED) is 0.888. The van der Waals surface area contributed by atoms with Crippen LogP contribution >= 0.6 is 0 Å². The molecular weight excluding hydrogens is 251 g/mol. The fraction of sp³-hybridized carbons (Fsp3) is 0.400. The van der Waals surface area contributed by atoms with Gasteiger partial charge < -0.3 is 15.2 Å². The van der Waals surface area contributed by atoms with Crippen molar-refractivity contribution >= 4 is 0 Å². The van der Waals surface area contributed by atoms with Crippen molar-refractivity contribution in [1.29, 1.82) is 5.26 Å². The Hall–Kier alpha value is -2.01. The first-order valence-corrected chi connectivity index (χ1v) is 4.80. The molecule has 0 spiro atoms. The highest BCUT2D eigenvalue weighted by atomic mass is 19.4. The van der Waals surface area contributed by atoms with E-state index >= 15 is 0 Å².